The van der Waals surface area contributed by atoms with E-state index in [1.165, 1.54) is 0 Å². The normalized spacial score (nSPS) is 16.2. The van der Waals surface area contributed by atoms with Gasteiger partial charge in [-0.1, -0.05) is 41.1 Å². The second-order valence-corrected chi connectivity index (χ2v) is 11.2. The van der Waals surface area contributed by atoms with Crippen molar-refractivity contribution in [2.24, 2.45) is 5.92 Å². The van der Waals surface area contributed by atoms with Crippen LogP contribution in [0.3, 0.4) is 0 Å². The quantitative estimate of drug-likeness (QED) is 0.386. The van der Waals surface area contributed by atoms with Gasteiger partial charge in [-0.2, -0.15) is 0 Å². The van der Waals surface area contributed by atoms with Crippen molar-refractivity contribution in [3.63, 3.8) is 0 Å². The molecule has 0 atom stereocenters. The first kappa shape index (κ1) is 27.1. The minimum atomic E-state index is -0.209. The third kappa shape index (κ3) is 6.22. The zero-order valence-corrected chi connectivity index (χ0v) is 24.1. The first-order valence-electron chi connectivity index (χ1n) is 13.6. The lowest BCUT2D eigenvalue weighted by molar-refractivity contribution is 0.0697. The zero-order chi connectivity index (χ0) is 27.4. The number of piperidine rings is 1. The standard InChI is InChI=1S/C31H35BrN4O3/c1-22-12-14-36(15-13-22)31(38)26-21-25(33-30(37)23-6-5-7-24(32)20-23)10-11-27(26)34-16-18-35(19-17-34)28-8-3-4-9-29(28)39-2/h3-11,20-22H,12-19H2,1-2H3,(H,33,37). The third-order valence-electron chi connectivity index (χ3n) is 7.69. The smallest absolute Gasteiger partial charge is 0.256 e. The van der Waals surface area contributed by atoms with Crippen LogP contribution < -0.4 is 19.9 Å². The topological polar surface area (TPSA) is 65.1 Å². The number of nitrogens with zero attached hydrogens (tertiary/aromatic N) is 3. The lowest BCUT2D eigenvalue weighted by atomic mass is 9.98. The van der Waals surface area contributed by atoms with Crippen molar-refractivity contribution in [2.75, 3.05) is 61.5 Å². The number of para-hydroxylation sites is 2. The summed E-state index contributed by atoms with van der Waals surface area (Å²) in [4.78, 5) is 33.4. The van der Waals surface area contributed by atoms with Crippen molar-refractivity contribution >= 4 is 44.8 Å². The molecule has 0 unspecified atom stereocenters. The Morgan fingerprint density at radius 3 is 2.23 bits per heavy atom. The monoisotopic (exact) mass is 590 g/mol. The molecule has 2 saturated heterocycles. The predicted octanol–water partition coefficient (Wildman–Crippen LogP) is 5.91. The molecule has 0 radical (unpaired) electrons. The lowest BCUT2D eigenvalue weighted by Gasteiger charge is -2.39. The van der Waals surface area contributed by atoms with Gasteiger partial charge in [-0.05, 0) is 67.3 Å². The summed E-state index contributed by atoms with van der Waals surface area (Å²) in [6.45, 7) is 6.95. The fraction of sp³-hybridized carbons (Fsp3) is 0.355. The number of carbonyl (C=O) groups is 2. The van der Waals surface area contributed by atoms with Crippen molar-refractivity contribution in [3.05, 3.63) is 82.3 Å². The van der Waals surface area contributed by atoms with Crippen LogP contribution in [-0.4, -0.2) is 63.1 Å². The molecule has 5 rings (SSSR count). The Hall–Kier alpha value is -3.52. The minimum Gasteiger partial charge on any atom is -0.495 e. The Morgan fingerprint density at radius 1 is 0.846 bits per heavy atom. The first-order valence-corrected chi connectivity index (χ1v) is 14.4. The zero-order valence-electron chi connectivity index (χ0n) is 22.5. The van der Waals surface area contributed by atoms with Crippen LogP contribution in [0.2, 0.25) is 0 Å². The van der Waals surface area contributed by atoms with Gasteiger partial charge < -0.3 is 24.8 Å². The Labute approximate surface area is 238 Å². The van der Waals surface area contributed by atoms with E-state index in [-0.39, 0.29) is 11.8 Å². The van der Waals surface area contributed by atoms with E-state index >= 15 is 0 Å². The molecular formula is C31H35BrN4O3. The summed E-state index contributed by atoms with van der Waals surface area (Å²) in [5.41, 5.74) is 3.81. The van der Waals surface area contributed by atoms with E-state index in [0.29, 0.717) is 22.7 Å². The van der Waals surface area contributed by atoms with Crippen LogP contribution in [0.25, 0.3) is 0 Å². The van der Waals surface area contributed by atoms with Crippen LogP contribution in [0, 0.1) is 5.92 Å². The van der Waals surface area contributed by atoms with Crippen LogP contribution >= 0.6 is 15.9 Å². The maximum Gasteiger partial charge on any atom is 0.256 e. The number of rotatable bonds is 6. The molecule has 0 bridgehead atoms. The molecule has 39 heavy (non-hydrogen) atoms. The lowest BCUT2D eigenvalue weighted by Crippen LogP contribution is -2.47. The largest absolute Gasteiger partial charge is 0.495 e. The van der Waals surface area contributed by atoms with Gasteiger partial charge >= 0.3 is 0 Å². The van der Waals surface area contributed by atoms with Gasteiger partial charge in [-0.15, -0.1) is 0 Å². The van der Waals surface area contributed by atoms with E-state index in [1.807, 2.05) is 53.4 Å². The van der Waals surface area contributed by atoms with Crippen molar-refractivity contribution in [1.82, 2.24) is 4.90 Å². The van der Waals surface area contributed by atoms with Gasteiger partial charge in [0, 0.05) is 60.7 Å². The second-order valence-electron chi connectivity index (χ2n) is 10.3. The molecule has 1 N–H and O–H groups in total. The number of amides is 2. The van der Waals surface area contributed by atoms with Gasteiger partial charge in [-0.25, -0.2) is 0 Å². The van der Waals surface area contributed by atoms with Gasteiger partial charge in [0.15, 0.2) is 0 Å². The van der Waals surface area contributed by atoms with E-state index in [1.54, 1.807) is 19.2 Å². The highest BCUT2D eigenvalue weighted by Crippen LogP contribution is 2.32. The van der Waals surface area contributed by atoms with Crippen LogP contribution in [0.1, 0.15) is 40.5 Å². The minimum absolute atomic E-state index is 0.0302. The summed E-state index contributed by atoms with van der Waals surface area (Å²) in [5.74, 6) is 1.32. The molecule has 8 heteroatoms. The van der Waals surface area contributed by atoms with Gasteiger partial charge in [0.1, 0.15) is 5.75 Å². The number of hydrogen-bond acceptors (Lipinski definition) is 5. The first-order chi connectivity index (χ1) is 18.9. The summed E-state index contributed by atoms with van der Waals surface area (Å²) >= 11 is 3.43. The predicted molar refractivity (Wildman–Crippen MR) is 160 cm³/mol. The number of benzene rings is 3. The molecular weight excluding hydrogens is 556 g/mol. The number of likely N-dealkylation sites (tertiary alicyclic amines) is 1. The Bertz CT molecular complexity index is 1330. The summed E-state index contributed by atoms with van der Waals surface area (Å²) in [5, 5.41) is 2.99. The third-order valence-corrected chi connectivity index (χ3v) is 8.18. The number of halogens is 1. The van der Waals surface area contributed by atoms with Gasteiger partial charge in [-0.3, -0.25) is 9.59 Å². The van der Waals surface area contributed by atoms with Crippen LogP contribution in [0.4, 0.5) is 17.1 Å². The highest BCUT2D eigenvalue weighted by atomic mass is 79.9. The fourth-order valence-electron chi connectivity index (χ4n) is 5.36. The number of hydrogen-bond donors (Lipinski definition) is 1. The Kier molecular flexibility index (Phi) is 8.41. The van der Waals surface area contributed by atoms with E-state index in [0.717, 1.165) is 73.7 Å². The second kappa shape index (κ2) is 12.1. The van der Waals surface area contributed by atoms with Gasteiger partial charge in [0.05, 0.1) is 18.4 Å². The average molecular weight is 592 g/mol. The molecule has 0 aliphatic carbocycles. The number of piperazine rings is 1. The number of methoxy groups -OCH3 is 1. The maximum atomic E-state index is 13.8. The molecule has 3 aromatic carbocycles. The molecule has 2 fully saturated rings. The van der Waals surface area contributed by atoms with Crippen LogP contribution in [-0.2, 0) is 0 Å². The SMILES string of the molecule is COc1ccccc1N1CCN(c2ccc(NC(=O)c3cccc(Br)c3)cc2C(=O)N2CCC(C)CC2)CC1. The molecule has 2 aliphatic rings. The highest BCUT2D eigenvalue weighted by Gasteiger charge is 2.27. The van der Waals surface area contributed by atoms with Crippen molar-refractivity contribution < 1.29 is 14.3 Å². The van der Waals surface area contributed by atoms with E-state index < -0.39 is 0 Å². The van der Waals surface area contributed by atoms with E-state index in [9.17, 15) is 9.59 Å². The number of carbonyl (C=O) groups excluding carboxylic acids is 2. The van der Waals surface area contributed by atoms with Gasteiger partial charge in [0.2, 0.25) is 0 Å². The van der Waals surface area contributed by atoms with Crippen molar-refractivity contribution in [2.45, 2.75) is 19.8 Å². The molecule has 0 saturated carbocycles. The fourth-order valence-corrected chi connectivity index (χ4v) is 5.75. The molecule has 2 aliphatic heterocycles. The summed E-state index contributed by atoms with van der Waals surface area (Å²) in [6.07, 6.45) is 2.02. The Balaban J connectivity index is 1.38. The number of ether oxygens (including phenoxy) is 1. The summed E-state index contributed by atoms with van der Waals surface area (Å²) < 4.78 is 6.42. The molecule has 204 valence electrons. The molecule has 7 nitrogen and oxygen atoms in total. The summed E-state index contributed by atoms with van der Waals surface area (Å²) in [6, 6.07) is 21.1. The molecule has 0 aromatic heterocycles. The average Bonchev–Trinajstić information content (AvgIpc) is 2.97. The molecule has 0 spiro atoms. The van der Waals surface area contributed by atoms with E-state index in [2.05, 4.69) is 44.0 Å². The molecule has 2 heterocycles. The van der Waals surface area contributed by atoms with Gasteiger partial charge in [0.25, 0.3) is 11.8 Å². The van der Waals surface area contributed by atoms with Crippen molar-refractivity contribution in [1.29, 1.82) is 0 Å². The number of anilines is 3. The number of nitrogens with one attached hydrogen (secondary N) is 1. The molecule has 2 amide bonds. The maximum absolute atomic E-state index is 13.8. The van der Waals surface area contributed by atoms with Crippen molar-refractivity contribution in [3.8, 4) is 5.75 Å². The molecule has 3 aromatic rings. The highest BCUT2D eigenvalue weighted by molar-refractivity contribution is 9.10. The van der Waals surface area contributed by atoms with Crippen LogP contribution in [0.5, 0.6) is 5.75 Å². The summed E-state index contributed by atoms with van der Waals surface area (Å²) in [7, 11) is 1.70. The Morgan fingerprint density at radius 2 is 1.54 bits per heavy atom. The van der Waals surface area contributed by atoms with E-state index in [4.69, 9.17) is 4.74 Å². The van der Waals surface area contributed by atoms with Crippen LogP contribution in [0.15, 0.2) is 71.2 Å².